The van der Waals surface area contributed by atoms with Crippen LogP contribution in [0.4, 0.5) is 0 Å². The number of nitrogens with one attached hydrogen (secondary N) is 2. The average Bonchev–Trinajstić information content (AvgIpc) is 1.61. The van der Waals surface area contributed by atoms with E-state index in [-0.39, 0.29) is 12.6 Å². The topological polar surface area (TPSA) is 67.2 Å². The van der Waals surface area contributed by atoms with Crippen molar-refractivity contribution in [1.82, 2.24) is 10.9 Å². The molecule has 4 N–H and O–H groups in total. The van der Waals surface area contributed by atoms with Crippen LogP contribution in [0, 0.1) is 0 Å². The molecule has 0 aromatic carbocycles. The van der Waals surface area contributed by atoms with Gasteiger partial charge in [-0.2, -0.15) is 0 Å². The molecule has 0 unspecified atom stereocenters. The highest BCUT2D eigenvalue weighted by molar-refractivity contribution is 5.72. The van der Waals surface area contributed by atoms with Crippen LogP contribution in [0.3, 0.4) is 0 Å². The van der Waals surface area contributed by atoms with Gasteiger partial charge in [0.05, 0.1) is 6.67 Å². The van der Waals surface area contributed by atoms with Crippen LogP contribution < -0.4 is 16.6 Å². The summed E-state index contributed by atoms with van der Waals surface area (Å²) in [5.74, 6) is -0.134. The molecule has 0 spiro atoms. The van der Waals surface area contributed by atoms with Crippen LogP contribution in [0.15, 0.2) is 0 Å². The number of carbonyl (C=O) groups excluding carboxylic acids is 1. The number of rotatable bonds is 2. The van der Waals surface area contributed by atoms with Crippen LogP contribution in [0.2, 0.25) is 0 Å². The molecule has 4 nitrogen and oxygen atoms in total. The predicted octanol–water partition coefficient (Wildman–Crippen LogP) is -1.46. The first-order chi connectivity index (χ1) is 3.27. The van der Waals surface area contributed by atoms with Gasteiger partial charge in [-0.3, -0.25) is 10.2 Å². The Labute approximate surface area is 42.0 Å². The zero-order valence-electron chi connectivity index (χ0n) is 4.19. The van der Waals surface area contributed by atoms with E-state index < -0.39 is 0 Å². The maximum absolute atomic E-state index is 9.97. The van der Waals surface area contributed by atoms with Gasteiger partial charge in [0.15, 0.2) is 0 Å². The zero-order valence-corrected chi connectivity index (χ0v) is 4.19. The summed E-state index contributed by atoms with van der Waals surface area (Å²) in [6.45, 7) is 1.67. The molecule has 0 aliphatic carbocycles. The van der Waals surface area contributed by atoms with Crippen LogP contribution in [0.1, 0.15) is 6.92 Å². The zero-order chi connectivity index (χ0) is 5.70. The molecule has 1 amide bonds. The van der Waals surface area contributed by atoms with E-state index in [2.05, 4.69) is 10.9 Å². The molecule has 0 radical (unpaired) electrons. The predicted molar refractivity (Wildman–Crippen MR) is 26.0 cm³/mol. The largest absolute Gasteiger partial charge is 0.317 e. The number of nitrogens with two attached hydrogens (primary N) is 1. The van der Waals surface area contributed by atoms with Crippen LogP contribution in [0.5, 0.6) is 0 Å². The van der Waals surface area contributed by atoms with Gasteiger partial charge >= 0.3 is 0 Å². The van der Waals surface area contributed by atoms with E-state index in [9.17, 15) is 4.79 Å². The number of hydrazine groups is 1. The molecule has 0 heterocycles. The molecule has 4 heteroatoms. The van der Waals surface area contributed by atoms with Crippen LogP contribution in [-0.4, -0.2) is 12.6 Å². The minimum Gasteiger partial charge on any atom is -0.317 e. The minimum atomic E-state index is -0.134. The van der Waals surface area contributed by atoms with Gasteiger partial charge in [-0.15, -0.1) is 0 Å². The maximum Gasteiger partial charge on any atom is 0.230 e. The van der Waals surface area contributed by atoms with E-state index in [1.807, 2.05) is 0 Å². The molecule has 0 saturated carbocycles. The summed E-state index contributed by atoms with van der Waals surface area (Å²) in [6.07, 6.45) is 0. The normalized spacial score (nSPS) is 8.29. The van der Waals surface area contributed by atoms with Gasteiger partial charge < -0.3 is 5.73 Å². The van der Waals surface area contributed by atoms with Crippen molar-refractivity contribution in [3.8, 4) is 0 Å². The Hall–Kier alpha value is -0.610. The first-order valence-corrected chi connectivity index (χ1v) is 1.97. The van der Waals surface area contributed by atoms with Gasteiger partial charge in [-0.05, 0) is 0 Å². The van der Waals surface area contributed by atoms with Crippen molar-refractivity contribution in [2.75, 3.05) is 6.67 Å². The Bertz CT molecular complexity index is 63.2. The molecule has 0 aromatic heterocycles. The van der Waals surface area contributed by atoms with Gasteiger partial charge in [0.2, 0.25) is 5.91 Å². The number of hydrogen-bond donors (Lipinski definition) is 3. The minimum absolute atomic E-state index is 0.134. The third kappa shape index (κ3) is 5.39. The lowest BCUT2D eigenvalue weighted by molar-refractivity contribution is -0.119. The highest BCUT2D eigenvalue weighted by Crippen LogP contribution is 1.47. The molecule has 0 fully saturated rings. The molecule has 0 saturated heterocycles. The number of amides is 1. The summed E-state index contributed by atoms with van der Waals surface area (Å²) in [7, 11) is 0. The van der Waals surface area contributed by atoms with E-state index in [0.29, 0.717) is 0 Å². The molecular formula is C3H9N3O. The molecule has 42 valence electrons. The molecule has 0 aromatic rings. The number of carbonyl (C=O) groups is 1. The molecule has 0 aliphatic rings. The van der Waals surface area contributed by atoms with Crippen molar-refractivity contribution >= 4 is 5.91 Å². The van der Waals surface area contributed by atoms with Crippen molar-refractivity contribution in [1.29, 1.82) is 0 Å². The second kappa shape index (κ2) is 3.58. The molecule has 0 bridgehead atoms. The Kier molecular flexibility index (Phi) is 3.26. The van der Waals surface area contributed by atoms with Crippen LogP contribution in [-0.2, 0) is 4.79 Å². The van der Waals surface area contributed by atoms with Crippen molar-refractivity contribution in [2.24, 2.45) is 5.73 Å². The molecular weight excluding hydrogens is 94.1 g/mol. The molecule has 7 heavy (non-hydrogen) atoms. The highest BCUT2D eigenvalue weighted by Gasteiger charge is 1.81. The van der Waals surface area contributed by atoms with E-state index in [1.165, 1.54) is 6.92 Å². The van der Waals surface area contributed by atoms with Gasteiger partial charge in [0.1, 0.15) is 0 Å². The summed E-state index contributed by atoms with van der Waals surface area (Å²) < 4.78 is 0. The van der Waals surface area contributed by atoms with Crippen LogP contribution >= 0.6 is 0 Å². The van der Waals surface area contributed by atoms with Gasteiger partial charge in [0, 0.05) is 6.92 Å². The first-order valence-electron chi connectivity index (χ1n) is 1.97. The quantitative estimate of drug-likeness (QED) is 0.295. The van der Waals surface area contributed by atoms with Crippen molar-refractivity contribution in [2.45, 2.75) is 6.92 Å². The Morgan fingerprint density at radius 3 is 2.57 bits per heavy atom. The van der Waals surface area contributed by atoms with Crippen LogP contribution in [0.25, 0.3) is 0 Å². The van der Waals surface area contributed by atoms with E-state index in [0.717, 1.165) is 0 Å². The second-order valence-electron chi connectivity index (χ2n) is 1.06. The van der Waals surface area contributed by atoms with E-state index in [4.69, 9.17) is 5.73 Å². The fourth-order valence-corrected chi connectivity index (χ4v) is 0.176. The van der Waals surface area contributed by atoms with Gasteiger partial charge in [-0.25, -0.2) is 5.43 Å². The Morgan fingerprint density at radius 2 is 2.43 bits per heavy atom. The first kappa shape index (κ1) is 6.39. The standard InChI is InChI=1S/C3H9N3O/c1-3(7)6-5-2-4/h5H,2,4H2,1H3,(H,6,7). The van der Waals surface area contributed by atoms with Crippen molar-refractivity contribution in [3.05, 3.63) is 0 Å². The third-order valence-corrected chi connectivity index (χ3v) is 0.366. The van der Waals surface area contributed by atoms with Crippen molar-refractivity contribution in [3.63, 3.8) is 0 Å². The maximum atomic E-state index is 9.97. The Balaban J connectivity index is 2.82. The fourth-order valence-electron chi connectivity index (χ4n) is 0.176. The Morgan fingerprint density at radius 1 is 1.86 bits per heavy atom. The summed E-state index contributed by atoms with van der Waals surface area (Å²) in [5.41, 5.74) is 9.66. The molecule has 0 rings (SSSR count). The lowest BCUT2D eigenvalue weighted by Crippen LogP contribution is -2.39. The molecule has 0 atom stereocenters. The molecule has 0 aliphatic heterocycles. The highest BCUT2D eigenvalue weighted by atomic mass is 16.2. The monoisotopic (exact) mass is 103 g/mol. The second-order valence-corrected chi connectivity index (χ2v) is 1.06. The van der Waals surface area contributed by atoms with E-state index >= 15 is 0 Å². The van der Waals surface area contributed by atoms with Gasteiger partial charge in [0.25, 0.3) is 0 Å². The summed E-state index contributed by atoms with van der Waals surface area (Å²) in [6, 6.07) is 0. The summed E-state index contributed by atoms with van der Waals surface area (Å²) >= 11 is 0. The third-order valence-electron chi connectivity index (χ3n) is 0.366. The smallest absolute Gasteiger partial charge is 0.230 e. The SMILES string of the molecule is CC(=O)NNCN. The van der Waals surface area contributed by atoms with E-state index in [1.54, 1.807) is 0 Å². The van der Waals surface area contributed by atoms with Crippen molar-refractivity contribution < 1.29 is 4.79 Å². The average molecular weight is 103 g/mol. The van der Waals surface area contributed by atoms with Gasteiger partial charge in [-0.1, -0.05) is 0 Å². The summed E-state index contributed by atoms with van der Waals surface area (Å²) in [4.78, 5) is 9.97. The lowest BCUT2D eigenvalue weighted by atomic mass is 10.8. The fraction of sp³-hybridized carbons (Fsp3) is 0.667. The number of hydrogen-bond acceptors (Lipinski definition) is 3. The summed E-state index contributed by atoms with van der Waals surface area (Å²) in [5, 5.41) is 0. The lowest BCUT2D eigenvalue weighted by Gasteiger charge is -1.97.